The summed E-state index contributed by atoms with van der Waals surface area (Å²) in [6.45, 7) is 1.14. The minimum atomic E-state index is -4.36. The minimum Gasteiger partial charge on any atom is -0.346 e. The van der Waals surface area contributed by atoms with Gasteiger partial charge in [0.15, 0.2) is 0 Å². The van der Waals surface area contributed by atoms with Crippen molar-refractivity contribution in [3.8, 4) is 0 Å². The molecule has 0 aliphatic heterocycles. The van der Waals surface area contributed by atoms with Gasteiger partial charge in [0.25, 0.3) is 0 Å². The van der Waals surface area contributed by atoms with Crippen molar-refractivity contribution in [3.05, 3.63) is 35.4 Å². The van der Waals surface area contributed by atoms with Crippen molar-refractivity contribution < 1.29 is 18.0 Å². The molecule has 0 aliphatic carbocycles. The fraction of sp³-hybridized carbons (Fsp3) is 0.462. The van der Waals surface area contributed by atoms with Crippen LogP contribution < -0.4 is 10.6 Å². The first-order chi connectivity index (χ1) is 8.88. The maximum Gasteiger partial charge on any atom is 0.405 e. The first-order valence-corrected chi connectivity index (χ1v) is 5.97. The summed E-state index contributed by atoms with van der Waals surface area (Å²) < 4.78 is 35.5. The molecule has 0 radical (unpaired) electrons. The number of halogens is 3. The van der Waals surface area contributed by atoms with Crippen LogP contribution >= 0.6 is 0 Å². The lowest BCUT2D eigenvalue weighted by atomic mass is 10.1. The van der Waals surface area contributed by atoms with E-state index in [-0.39, 0.29) is 6.54 Å². The van der Waals surface area contributed by atoms with E-state index in [1.165, 1.54) is 0 Å². The molecule has 0 saturated carbocycles. The van der Waals surface area contributed by atoms with Crippen LogP contribution in [0.3, 0.4) is 0 Å². The van der Waals surface area contributed by atoms with Crippen molar-refractivity contribution in [1.82, 2.24) is 10.6 Å². The molecule has 1 rings (SSSR count). The van der Waals surface area contributed by atoms with Crippen LogP contribution in [0.1, 0.15) is 11.1 Å². The Labute approximate surface area is 110 Å². The maximum absolute atomic E-state index is 11.8. The van der Waals surface area contributed by atoms with E-state index in [2.05, 4.69) is 5.32 Å². The highest BCUT2D eigenvalue weighted by Gasteiger charge is 2.27. The van der Waals surface area contributed by atoms with Gasteiger partial charge >= 0.3 is 6.18 Å². The molecule has 0 aromatic heterocycles. The summed E-state index contributed by atoms with van der Waals surface area (Å²) in [6.07, 6.45) is -3.63. The predicted octanol–water partition coefficient (Wildman–Crippen LogP) is 1.81. The zero-order valence-electron chi connectivity index (χ0n) is 10.7. The smallest absolute Gasteiger partial charge is 0.346 e. The van der Waals surface area contributed by atoms with Crippen LogP contribution in [-0.2, 0) is 11.2 Å². The minimum absolute atomic E-state index is 0.109. The van der Waals surface area contributed by atoms with Gasteiger partial charge in [0.05, 0.1) is 6.54 Å². The zero-order chi connectivity index (χ0) is 14.3. The van der Waals surface area contributed by atoms with Gasteiger partial charge in [0.2, 0.25) is 5.91 Å². The first-order valence-electron chi connectivity index (χ1n) is 5.97. The number of carbonyl (C=O) groups excluding carboxylic acids is 1. The van der Waals surface area contributed by atoms with E-state index in [9.17, 15) is 18.0 Å². The van der Waals surface area contributed by atoms with Crippen molar-refractivity contribution >= 4 is 5.91 Å². The lowest BCUT2D eigenvalue weighted by molar-refractivity contribution is -0.137. The van der Waals surface area contributed by atoms with Crippen LogP contribution in [-0.4, -0.2) is 31.7 Å². The van der Waals surface area contributed by atoms with Gasteiger partial charge in [0, 0.05) is 0 Å². The van der Waals surface area contributed by atoms with Gasteiger partial charge in [-0.05, 0) is 31.0 Å². The van der Waals surface area contributed by atoms with Crippen LogP contribution in [0.15, 0.2) is 24.3 Å². The number of benzene rings is 1. The van der Waals surface area contributed by atoms with E-state index in [0.29, 0.717) is 6.54 Å². The molecule has 2 N–H and O–H groups in total. The summed E-state index contributed by atoms with van der Waals surface area (Å²) in [5.74, 6) is -0.651. The standard InChI is InChI=1S/C13H17F3N2O/c1-10-4-2-3-5-11(10)6-7-17-8-12(19)18-9-13(14,15)16/h2-5,17H,6-9H2,1H3,(H,18,19). The van der Waals surface area contributed by atoms with Crippen LogP contribution in [0, 0.1) is 6.92 Å². The summed E-state index contributed by atoms with van der Waals surface area (Å²) in [6, 6.07) is 7.85. The third-order valence-electron chi connectivity index (χ3n) is 2.60. The Morgan fingerprint density at radius 3 is 2.58 bits per heavy atom. The van der Waals surface area contributed by atoms with Gasteiger partial charge < -0.3 is 10.6 Å². The summed E-state index contributed by atoms with van der Waals surface area (Å²) in [5.41, 5.74) is 2.32. The summed E-state index contributed by atoms with van der Waals surface area (Å²) in [5, 5.41) is 4.62. The number of aryl methyl sites for hydroxylation is 1. The van der Waals surface area contributed by atoms with Crippen LogP contribution in [0.4, 0.5) is 13.2 Å². The van der Waals surface area contributed by atoms with Crippen LogP contribution in [0.2, 0.25) is 0 Å². The average Bonchev–Trinajstić information content (AvgIpc) is 2.33. The molecule has 0 bridgehead atoms. The molecule has 1 aromatic rings. The number of rotatable bonds is 6. The Balaban J connectivity index is 2.17. The van der Waals surface area contributed by atoms with E-state index in [1.807, 2.05) is 31.2 Å². The van der Waals surface area contributed by atoms with Crippen molar-refractivity contribution in [3.63, 3.8) is 0 Å². The number of nitrogens with one attached hydrogen (secondary N) is 2. The lowest BCUT2D eigenvalue weighted by Crippen LogP contribution is -2.39. The van der Waals surface area contributed by atoms with Crippen molar-refractivity contribution in [2.45, 2.75) is 19.5 Å². The number of hydrogen-bond acceptors (Lipinski definition) is 2. The molecule has 3 nitrogen and oxygen atoms in total. The summed E-state index contributed by atoms with van der Waals surface area (Å²) in [4.78, 5) is 11.1. The molecule has 0 aliphatic rings. The van der Waals surface area contributed by atoms with Gasteiger partial charge in [-0.2, -0.15) is 13.2 Å². The van der Waals surface area contributed by atoms with Gasteiger partial charge in [-0.1, -0.05) is 24.3 Å². The van der Waals surface area contributed by atoms with Crippen molar-refractivity contribution in [1.29, 1.82) is 0 Å². The molecule has 19 heavy (non-hydrogen) atoms. The topological polar surface area (TPSA) is 41.1 Å². The normalized spacial score (nSPS) is 11.4. The van der Waals surface area contributed by atoms with Crippen molar-refractivity contribution in [2.24, 2.45) is 0 Å². The molecule has 106 valence electrons. The Bertz CT molecular complexity index is 419. The van der Waals surface area contributed by atoms with Crippen molar-refractivity contribution in [2.75, 3.05) is 19.6 Å². The Kier molecular flexibility index (Phi) is 5.82. The van der Waals surface area contributed by atoms with E-state index >= 15 is 0 Å². The fourth-order valence-corrected chi connectivity index (χ4v) is 1.58. The van der Waals surface area contributed by atoms with Crippen LogP contribution in [0.25, 0.3) is 0 Å². The molecule has 0 fully saturated rings. The molecule has 0 unspecified atom stereocenters. The van der Waals surface area contributed by atoms with Gasteiger partial charge in [-0.3, -0.25) is 4.79 Å². The third-order valence-corrected chi connectivity index (χ3v) is 2.60. The molecule has 0 atom stereocenters. The predicted molar refractivity (Wildman–Crippen MR) is 66.8 cm³/mol. The second kappa shape index (κ2) is 7.13. The van der Waals surface area contributed by atoms with E-state index in [4.69, 9.17) is 0 Å². The highest BCUT2D eigenvalue weighted by Crippen LogP contribution is 2.11. The van der Waals surface area contributed by atoms with Gasteiger partial charge in [-0.25, -0.2) is 0 Å². The second-order valence-electron chi connectivity index (χ2n) is 4.25. The molecule has 0 spiro atoms. The monoisotopic (exact) mass is 274 g/mol. The number of carbonyl (C=O) groups is 1. The molecule has 1 aromatic carbocycles. The zero-order valence-corrected chi connectivity index (χ0v) is 10.7. The highest BCUT2D eigenvalue weighted by atomic mass is 19.4. The summed E-state index contributed by atoms with van der Waals surface area (Å²) in [7, 11) is 0. The average molecular weight is 274 g/mol. The second-order valence-corrected chi connectivity index (χ2v) is 4.25. The Morgan fingerprint density at radius 1 is 1.26 bits per heavy atom. The SMILES string of the molecule is Cc1ccccc1CCNCC(=O)NCC(F)(F)F. The molecular weight excluding hydrogens is 257 g/mol. The molecule has 1 amide bonds. The molecule has 0 heterocycles. The maximum atomic E-state index is 11.8. The van der Waals surface area contributed by atoms with Gasteiger partial charge in [-0.15, -0.1) is 0 Å². The first kappa shape index (κ1) is 15.5. The van der Waals surface area contributed by atoms with E-state index < -0.39 is 18.6 Å². The molecular formula is C13H17F3N2O. The highest BCUT2D eigenvalue weighted by molar-refractivity contribution is 5.77. The number of amides is 1. The number of hydrogen-bond donors (Lipinski definition) is 2. The fourth-order valence-electron chi connectivity index (χ4n) is 1.58. The van der Waals surface area contributed by atoms with E-state index in [0.717, 1.165) is 17.5 Å². The largest absolute Gasteiger partial charge is 0.405 e. The van der Waals surface area contributed by atoms with Crippen LogP contribution in [0.5, 0.6) is 0 Å². The summed E-state index contributed by atoms with van der Waals surface area (Å²) >= 11 is 0. The Hall–Kier alpha value is -1.56. The third kappa shape index (κ3) is 6.81. The van der Waals surface area contributed by atoms with E-state index in [1.54, 1.807) is 5.32 Å². The molecule has 0 saturated heterocycles. The Morgan fingerprint density at radius 2 is 1.95 bits per heavy atom. The number of alkyl halides is 3. The molecule has 6 heteroatoms. The quantitative estimate of drug-likeness (QED) is 0.777. The lowest BCUT2D eigenvalue weighted by Gasteiger charge is -2.09. The van der Waals surface area contributed by atoms with Gasteiger partial charge in [0.1, 0.15) is 6.54 Å².